The van der Waals surface area contributed by atoms with Crippen LogP contribution < -0.4 is 14.2 Å². The molecule has 2 aromatic carbocycles. The van der Waals surface area contributed by atoms with Gasteiger partial charge in [-0.25, -0.2) is 0 Å². The Hall–Kier alpha value is -2.47. The molecule has 0 aliphatic carbocycles. The van der Waals surface area contributed by atoms with Gasteiger partial charge in [-0.2, -0.15) is 0 Å². The maximum Gasteiger partial charge on any atom is 0.185 e. The van der Waals surface area contributed by atoms with Gasteiger partial charge in [0.15, 0.2) is 28.8 Å². The second kappa shape index (κ2) is 8.58. The molecule has 2 aromatic rings. The van der Waals surface area contributed by atoms with Crippen LogP contribution >= 0.6 is 15.9 Å². The maximum absolute atomic E-state index is 12.3. The van der Waals surface area contributed by atoms with Crippen LogP contribution in [0.4, 0.5) is 0 Å². The molecular formula is C19H19BrO5. The molecule has 0 aliphatic rings. The van der Waals surface area contributed by atoms with E-state index >= 15 is 0 Å². The van der Waals surface area contributed by atoms with Crippen molar-refractivity contribution < 1.29 is 24.1 Å². The summed E-state index contributed by atoms with van der Waals surface area (Å²) in [4.78, 5) is 12.3. The number of methoxy groups -OCH3 is 2. The highest BCUT2D eigenvalue weighted by Gasteiger charge is 2.11. The molecule has 0 bridgehead atoms. The zero-order valence-electron chi connectivity index (χ0n) is 14.2. The van der Waals surface area contributed by atoms with E-state index in [1.807, 2.05) is 13.0 Å². The average Bonchev–Trinajstić information content (AvgIpc) is 2.61. The third-order valence-corrected chi connectivity index (χ3v) is 4.02. The normalized spacial score (nSPS) is 10.7. The summed E-state index contributed by atoms with van der Waals surface area (Å²) in [5, 5.41) is 9.60. The number of ether oxygens (including phenoxy) is 3. The number of allylic oxidation sites excluding steroid dienone is 1. The van der Waals surface area contributed by atoms with E-state index in [1.54, 1.807) is 25.3 Å². The van der Waals surface area contributed by atoms with Gasteiger partial charge in [0.1, 0.15) is 0 Å². The lowest BCUT2D eigenvalue weighted by molar-refractivity contribution is 0.104. The van der Waals surface area contributed by atoms with Gasteiger partial charge in [0, 0.05) is 5.56 Å². The fourth-order valence-electron chi connectivity index (χ4n) is 2.22. The van der Waals surface area contributed by atoms with Crippen molar-refractivity contribution in [3.63, 3.8) is 0 Å². The third kappa shape index (κ3) is 4.54. The lowest BCUT2D eigenvalue weighted by Crippen LogP contribution is -1.97. The molecule has 0 aliphatic heterocycles. The number of ketones is 1. The molecule has 5 nitrogen and oxygen atoms in total. The molecule has 0 unspecified atom stereocenters. The van der Waals surface area contributed by atoms with Gasteiger partial charge in [-0.3, -0.25) is 4.79 Å². The lowest BCUT2D eigenvalue weighted by atomic mass is 10.1. The van der Waals surface area contributed by atoms with Crippen LogP contribution in [-0.4, -0.2) is 31.7 Å². The van der Waals surface area contributed by atoms with Crippen molar-refractivity contribution in [1.29, 1.82) is 0 Å². The van der Waals surface area contributed by atoms with E-state index in [0.717, 1.165) is 10.0 Å². The molecule has 1 N–H and O–H groups in total. The Balaban J connectivity index is 2.26. The summed E-state index contributed by atoms with van der Waals surface area (Å²) in [6.07, 6.45) is 3.14. The summed E-state index contributed by atoms with van der Waals surface area (Å²) < 4.78 is 16.6. The molecule has 25 heavy (non-hydrogen) atoms. The summed E-state index contributed by atoms with van der Waals surface area (Å²) in [5.41, 5.74) is 1.20. The largest absolute Gasteiger partial charge is 0.504 e. The number of hydrogen-bond donors (Lipinski definition) is 1. The third-order valence-electron chi connectivity index (χ3n) is 3.43. The van der Waals surface area contributed by atoms with Crippen molar-refractivity contribution in [3.05, 3.63) is 52.0 Å². The Labute approximate surface area is 155 Å². The van der Waals surface area contributed by atoms with Gasteiger partial charge in [-0.1, -0.05) is 6.08 Å². The molecule has 0 aromatic heterocycles. The van der Waals surface area contributed by atoms with Crippen molar-refractivity contribution >= 4 is 27.8 Å². The van der Waals surface area contributed by atoms with Gasteiger partial charge < -0.3 is 19.3 Å². The fraction of sp³-hybridized carbons (Fsp3) is 0.211. The quantitative estimate of drug-likeness (QED) is 0.542. The Morgan fingerprint density at radius 3 is 2.52 bits per heavy atom. The number of phenols is 1. The summed E-state index contributed by atoms with van der Waals surface area (Å²) in [7, 11) is 2.99. The summed E-state index contributed by atoms with van der Waals surface area (Å²) >= 11 is 3.45. The van der Waals surface area contributed by atoms with Crippen molar-refractivity contribution in [2.45, 2.75) is 6.92 Å². The van der Waals surface area contributed by atoms with Crippen LogP contribution in [-0.2, 0) is 0 Å². The first-order valence-corrected chi connectivity index (χ1v) is 8.39. The molecule has 0 saturated heterocycles. The minimum Gasteiger partial charge on any atom is -0.504 e. The number of carbonyl (C=O) groups is 1. The molecule has 0 saturated carbocycles. The first-order chi connectivity index (χ1) is 12.0. The van der Waals surface area contributed by atoms with Crippen LogP contribution in [0.5, 0.6) is 23.0 Å². The Morgan fingerprint density at radius 2 is 1.88 bits per heavy atom. The summed E-state index contributed by atoms with van der Waals surface area (Å²) in [6.45, 7) is 2.41. The van der Waals surface area contributed by atoms with E-state index in [-0.39, 0.29) is 17.3 Å². The first-order valence-electron chi connectivity index (χ1n) is 7.59. The topological polar surface area (TPSA) is 65.0 Å². The molecule has 0 atom stereocenters. The number of benzene rings is 2. The van der Waals surface area contributed by atoms with Crippen molar-refractivity contribution in [3.8, 4) is 23.0 Å². The maximum atomic E-state index is 12.3. The van der Waals surface area contributed by atoms with Gasteiger partial charge in [-0.15, -0.1) is 0 Å². The average molecular weight is 407 g/mol. The second-order valence-corrected chi connectivity index (χ2v) is 5.91. The smallest absolute Gasteiger partial charge is 0.185 e. The number of phenolic OH excluding ortho intramolecular Hbond substituents is 1. The molecule has 0 radical (unpaired) electrons. The van der Waals surface area contributed by atoms with E-state index in [1.165, 1.54) is 25.3 Å². The van der Waals surface area contributed by atoms with Crippen molar-refractivity contribution in [2.75, 3.05) is 20.8 Å². The highest BCUT2D eigenvalue weighted by molar-refractivity contribution is 9.10. The van der Waals surface area contributed by atoms with E-state index < -0.39 is 0 Å². The van der Waals surface area contributed by atoms with Crippen LogP contribution in [0.25, 0.3) is 6.08 Å². The number of hydrogen-bond acceptors (Lipinski definition) is 5. The SMILES string of the molecule is CCOc1c(Br)cc(/C=C/C(=O)c2ccc(O)c(OC)c2)cc1OC. The molecule has 0 fully saturated rings. The van der Waals surface area contributed by atoms with E-state index in [4.69, 9.17) is 14.2 Å². The van der Waals surface area contributed by atoms with E-state index in [9.17, 15) is 9.90 Å². The van der Waals surface area contributed by atoms with Crippen LogP contribution in [0.15, 0.2) is 40.9 Å². The molecule has 2 rings (SSSR count). The van der Waals surface area contributed by atoms with Crippen LogP contribution in [0.3, 0.4) is 0 Å². The van der Waals surface area contributed by atoms with Gasteiger partial charge in [0.05, 0.1) is 25.3 Å². The second-order valence-electron chi connectivity index (χ2n) is 5.05. The Bertz CT molecular complexity index is 799. The highest BCUT2D eigenvalue weighted by atomic mass is 79.9. The standard InChI is InChI=1S/C19H19BrO5/c1-4-25-19-14(20)9-12(10-18(19)24-3)5-7-15(21)13-6-8-16(22)17(11-13)23-2/h5-11,22H,4H2,1-3H3/b7-5+. The highest BCUT2D eigenvalue weighted by Crippen LogP contribution is 2.37. The number of carbonyl (C=O) groups excluding carboxylic acids is 1. The number of aromatic hydroxyl groups is 1. The van der Waals surface area contributed by atoms with Crippen LogP contribution in [0.1, 0.15) is 22.8 Å². The first kappa shape index (κ1) is 18.9. The minimum absolute atomic E-state index is 0.0109. The zero-order valence-corrected chi connectivity index (χ0v) is 15.8. The summed E-state index contributed by atoms with van der Waals surface area (Å²) in [6, 6.07) is 8.10. The van der Waals surface area contributed by atoms with E-state index in [2.05, 4.69) is 15.9 Å². The minimum atomic E-state index is -0.206. The van der Waals surface area contributed by atoms with Crippen LogP contribution in [0, 0.1) is 0 Å². The van der Waals surface area contributed by atoms with Gasteiger partial charge >= 0.3 is 0 Å². The molecule has 132 valence electrons. The fourth-order valence-corrected chi connectivity index (χ4v) is 2.79. The van der Waals surface area contributed by atoms with Crippen molar-refractivity contribution in [1.82, 2.24) is 0 Å². The van der Waals surface area contributed by atoms with Gasteiger partial charge in [-0.05, 0) is 64.8 Å². The number of rotatable bonds is 7. The van der Waals surface area contributed by atoms with E-state index in [0.29, 0.717) is 23.7 Å². The molecule has 6 heteroatoms. The van der Waals surface area contributed by atoms with Crippen molar-refractivity contribution in [2.24, 2.45) is 0 Å². The lowest BCUT2D eigenvalue weighted by Gasteiger charge is -2.12. The predicted octanol–water partition coefficient (Wildman–Crippen LogP) is 4.47. The molecule has 0 spiro atoms. The summed E-state index contributed by atoms with van der Waals surface area (Å²) in [5.74, 6) is 1.24. The molecular weight excluding hydrogens is 388 g/mol. The predicted molar refractivity (Wildman–Crippen MR) is 99.9 cm³/mol. The van der Waals surface area contributed by atoms with Gasteiger partial charge in [0.2, 0.25) is 0 Å². The zero-order chi connectivity index (χ0) is 18.4. The van der Waals surface area contributed by atoms with Gasteiger partial charge in [0.25, 0.3) is 0 Å². The molecule has 0 amide bonds. The Morgan fingerprint density at radius 1 is 1.16 bits per heavy atom. The number of halogens is 1. The Kier molecular flexibility index (Phi) is 6.47. The van der Waals surface area contributed by atoms with Crippen LogP contribution in [0.2, 0.25) is 0 Å². The molecule has 0 heterocycles. The monoisotopic (exact) mass is 406 g/mol.